The minimum atomic E-state index is -0.500. The first-order valence-corrected chi connectivity index (χ1v) is 10.7. The van der Waals surface area contributed by atoms with Gasteiger partial charge in [0.25, 0.3) is 0 Å². The highest BCUT2D eigenvalue weighted by atomic mass is 35.5. The van der Waals surface area contributed by atoms with Crippen LogP contribution in [-0.2, 0) is 4.79 Å². The number of hydrogen-bond acceptors (Lipinski definition) is 5. The summed E-state index contributed by atoms with van der Waals surface area (Å²) in [6, 6.07) is 15.0. The van der Waals surface area contributed by atoms with Crippen molar-refractivity contribution in [3.8, 4) is 17.1 Å². The Balaban J connectivity index is 1.70. The third-order valence-corrected chi connectivity index (χ3v) is 6.06. The smallest absolute Gasteiger partial charge is 0.324 e. The number of benzene rings is 2. The second-order valence-electron chi connectivity index (χ2n) is 6.97. The van der Waals surface area contributed by atoms with Gasteiger partial charge >= 0.3 is 6.03 Å². The first kappa shape index (κ1) is 20.4. The second kappa shape index (κ2) is 8.49. The van der Waals surface area contributed by atoms with Gasteiger partial charge in [-0.25, -0.2) is 4.79 Å². The average Bonchev–Trinajstić information content (AvgIpc) is 3.35. The molecule has 2 aromatic carbocycles. The molecule has 0 spiro atoms. The zero-order valence-electron chi connectivity index (χ0n) is 16.5. The summed E-state index contributed by atoms with van der Waals surface area (Å²) in [6.07, 6.45) is 0. The normalized spacial score (nSPS) is 14.6. The number of hydrogen-bond donors (Lipinski definition) is 1. The molecule has 1 aromatic heterocycles. The molecule has 1 fully saturated rings. The number of aryl methyl sites for hydroxylation is 1. The Morgan fingerprint density at radius 3 is 2.47 bits per heavy atom. The summed E-state index contributed by atoms with van der Waals surface area (Å²) in [6.45, 7) is 4.65. The van der Waals surface area contributed by atoms with Gasteiger partial charge in [0.05, 0.1) is 5.25 Å². The minimum Gasteiger partial charge on any atom is -0.336 e. The van der Waals surface area contributed by atoms with Crippen molar-refractivity contribution in [2.24, 2.45) is 0 Å². The molecule has 1 aliphatic heterocycles. The van der Waals surface area contributed by atoms with Crippen LogP contribution in [0.2, 0.25) is 5.02 Å². The maximum atomic E-state index is 12.7. The maximum Gasteiger partial charge on any atom is 0.324 e. The second-order valence-corrected chi connectivity index (χ2v) is 8.71. The van der Waals surface area contributed by atoms with Crippen molar-refractivity contribution in [2.75, 3.05) is 13.1 Å². The van der Waals surface area contributed by atoms with Gasteiger partial charge in [-0.2, -0.15) is 0 Å². The van der Waals surface area contributed by atoms with E-state index >= 15 is 0 Å². The van der Waals surface area contributed by atoms with E-state index in [0.717, 1.165) is 16.8 Å². The van der Waals surface area contributed by atoms with Gasteiger partial charge in [-0.1, -0.05) is 41.1 Å². The van der Waals surface area contributed by atoms with E-state index in [9.17, 15) is 9.59 Å². The molecule has 0 bridgehead atoms. The van der Waals surface area contributed by atoms with Crippen LogP contribution in [0.5, 0.6) is 0 Å². The largest absolute Gasteiger partial charge is 0.336 e. The van der Waals surface area contributed by atoms with Crippen molar-refractivity contribution in [1.29, 1.82) is 0 Å². The van der Waals surface area contributed by atoms with Crippen molar-refractivity contribution < 1.29 is 9.59 Å². The van der Waals surface area contributed by atoms with E-state index in [0.29, 0.717) is 29.1 Å². The van der Waals surface area contributed by atoms with Crippen LogP contribution in [0.25, 0.3) is 17.1 Å². The Hall–Kier alpha value is -2.84. The molecule has 3 aromatic rings. The summed E-state index contributed by atoms with van der Waals surface area (Å²) in [7, 11) is 0. The third-order valence-electron chi connectivity index (χ3n) is 4.78. The number of aromatic nitrogens is 3. The molecule has 154 valence electrons. The Bertz CT molecular complexity index is 1080. The van der Waals surface area contributed by atoms with Crippen molar-refractivity contribution in [3.05, 3.63) is 59.1 Å². The summed E-state index contributed by atoms with van der Waals surface area (Å²) >= 11 is 7.31. The van der Waals surface area contributed by atoms with Crippen molar-refractivity contribution >= 4 is 35.3 Å². The zero-order valence-corrected chi connectivity index (χ0v) is 18.1. The predicted octanol–water partition coefficient (Wildman–Crippen LogP) is 3.93. The van der Waals surface area contributed by atoms with Crippen LogP contribution in [0.15, 0.2) is 53.7 Å². The summed E-state index contributed by atoms with van der Waals surface area (Å²) < 4.78 is 1.92. The molecule has 0 radical (unpaired) electrons. The van der Waals surface area contributed by atoms with Gasteiger partial charge in [0.2, 0.25) is 5.91 Å². The average molecular weight is 442 g/mol. The number of carbonyl (C=O) groups is 2. The lowest BCUT2D eigenvalue weighted by Crippen LogP contribution is -2.39. The van der Waals surface area contributed by atoms with E-state index < -0.39 is 5.25 Å². The number of carbonyl (C=O) groups excluding carboxylic acids is 2. The van der Waals surface area contributed by atoms with Gasteiger partial charge < -0.3 is 5.32 Å². The van der Waals surface area contributed by atoms with Crippen LogP contribution in [0.3, 0.4) is 0 Å². The Morgan fingerprint density at radius 2 is 1.83 bits per heavy atom. The van der Waals surface area contributed by atoms with Gasteiger partial charge in [0, 0.05) is 29.4 Å². The van der Waals surface area contributed by atoms with Crippen molar-refractivity contribution in [2.45, 2.75) is 24.3 Å². The molecule has 1 N–H and O–H groups in total. The molecule has 1 atom stereocenters. The third kappa shape index (κ3) is 4.06. The quantitative estimate of drug-likeness (QED) is 0.607. The SMILES string of the molecule is Cc1ccc(-n2c(SC(C)C(=O)N3CCNC3=O)nnc2-c2ccc(Cl)cc2)cc1. The number of halogens is 1. The van der Waals surface area contributed by atoms with E-state index in [4.69, 9.17) is 11.6 Å². The Labute approximate surface area is 183 Å². The van der Waals surface area contributed by atoms with Crippen LogP contribution < -0.4 is 5.32 Å². The first-order valence-electron chi connectivity index (χ1n) is 9.48. The number of amides is 3. The molecule has 0 saturated carbocycles. The molecule has 0 aliphatic carbocycles. The molecule has 7 nitrogen and oxygen atoms in total. The molecular formula is C21H20ClN5O2S. The maximum absolute atomic E-state index is 12.7. The Kier molecular flexibility index (Phi) is 5.78. The summed E-state index contributed by atoms with van der Waals surface area (Å²) in [5.41, 5.74) is 2.88. The molecule has 1 unspecified atom stereocenters. The lowest BCUT2D eigenvalue weighted by Gasteiger charge is -2.18. The first-order chi connectivity index (χ1) is 14.4. The van der Waals surface area contributed by atoms with Crippen molar-refractivity contribution in [3.63, 3.8) is 0 Å². The fraction of sp³-hybridized carbons (Fsp3) is 0.238. The monoisotopic (exact) mass is 441 g/mol. The fourth-order valence-corrected chi connectivity index (χ4v) is 4.22. The van der Waals surface area contributed by atoms with Crippen LogP contribution in [0.1, 0.15) is 12.5 Å². The molecular weight excluding hydrogens is 422 g/mol. The van der Waals surface area contributed by atoms with Gasteiger partial charge in [-0.15, -0.1) is 10.2 Å². The number of rotatable bonds is 5. The summed E-state index contributed by atoms with van der Waals surface area (Å²) in [4.78, 5) is 25.8. The van der Waals surface area contributed by atoms with Crippen LogP contribution in [0.4, 0.5) is 4.79 Å². The molecule has 2 heterocycles. The van der Waals surface area contributed by atoms with E-state index in [1.807, 2.05) is 47.9 Å². The highest BCUT2D eigenvalue weighted by molar-refractivity contribution is 8.00. The zero-order chi connectivity index (χ0) is 21.3. The molecule has 1 saturated heterocycles. The lowest BCUT2D eigenvalue weighted by molar-refractivity contribution is -0.126. The van der Waals surface area contributed by atoms with Gasteiger partial charge in [0.15, 0.2) is 11.0 Å². The number of imide groups is 1. The van der Waals surface area contributed by atoms with E-state index in [2.05, 4.69) is 15.5 Å². The summed E-state index contributed by atoms with van der Waals surface area (Å²) in [5, 5.41) is 12.1. The summed E-state index contributed by atoms with van der Waals surface area (Å²) in [5.74, 6) is 0.401. The fourth-order valence-electron chi connectivity index (χ4n) is 3.17. The molecule has 4 rings (SSSR count). The topological polar surface area (TPSA) is 80.1 Å². The molecule has 30 heavy (non-hydrogen) atoms. The number of thioether (sulfide) groups is 1. The highest BCUT2D eigenvalue weighted by Crippen LogP contribution is 2.31. The number of urea groups is 1. The van der Waals surface area contributed by atoms with E-state index in [1.54, 1.807) is 19.1 Å². The van der Waals surface area contributed by atoms with Crippen LogP contribution in [-0.4, -0.2) is 49.9 Å². The molecule has 1 aliphatic rings. The standard InChI is InChI=1S/C21H20ClN5O2S/c1-13-3-9-17(10-4-13)27-18(15-5-7-16(22)8-6-15)24-25-21(27)30-14(2)19(28)26-12-11-23-20(26)29/h3-10,14H,11-12H2,1-2H3,(H,23,29). The number of nitrogens with zero attached hydrogens (tertiary/aromatic N) is 4. The highest BCUT2D eigenvalue weighted by Gasteiger charge is 2.31. The Morgan fingerprint density at radius 1 is 1.13 bits per heavy atom. The van der Waals surface area contributed by atoms with Gasteiger partial charge in [-0.05, 0) is 50.2 Å². The van der Waals surface area contributed by atoms with Crippen LogP contribution in [0, 0.1) is 6.92 Å². The predicted molar refractivity (Wildman–Crippen MR) is 117 cm³/mol. The lowest BCUT2D eigenvalue weighted by atomic mass is 10.2. The molecule has 9 heteroatoms. The van der Waals surface area contributed by atoms with Crippen LogP contribution >= 0.6 is 23.4 Å². The van der Waals surface area contributed by atoms with E-state index in [1.165, 1.54) is 16.7 Å². The van der Waals surface area contributed by atoms with E-state index in [-0.39, 0.29) is 11.9 Å². The molecule has 3 amide bonds. The minimum absolute atomic E-state index is 0.249. The van der Waals surface area contributed by atoms with Crippen molar-refractivity contribution in [1.82, 2.24) is 25.0 Å². The van der Waals surface area contributed by atoms with Gasteiger partial charge in [0.1, 0.15) is 0 Å². The number of nitrogens with one attached hydrogen (secondary N) is 1. The van der Waals surface area contributed by atoms with Gasteiger partial charge in [-0.3, -0.25) is 14.3 Å².